The first kappa shape index (κ1) is 13.6. The Morgan fingerprint density at radius 1 is 1.42 bits per heavy atom. The smallest absolute Gasteiger partial charge is 0.119 e. The minimum Gasteiger partial charge on any atom is -0.497 e. The van der Waals surface area contributed by atoms with Crippen molar-refractivity contribution in [2.45, 2.75) is 19.3 Å². The van der Waals surface area contributed by atoms with Crippen LogP contribution in [0.3, 0.4) is 0 Å². The van der Waals surface area contributed by atoms with Crippen LogP contribution in [-0.4, -0.2) is 30.7 Å². The average molecular weight is 259 g/mol. The number of hydrogen-bond donors (Lipinski definition) is 2. The molecule has 0 aliphatic carbocycles. The van der Waals surface area contributed by atoms with Gasteiger partial charge in [-0.25, -0.2) is 4.98 Å². The van der Waals surface area contributed by atoms with Gasteiger partial charge < -0.3 is 15.0 Å². The van der Waals surface area contributed by atoms with Gasteiger partial charge in [0.2, 0.25) is 0 Å². The Balaban J connectivity index is 2.24. The molecule has 0 spiro atoms. The zero-order valence-electron chi connectivity index (χ0n) is 11.7. The van der Waals surface area contributed by atoms with Gasteiger partial charge in [0.05, 0.1) is 19.0 Å². The molecular weight excluding hydrogens is 238 g/mol. The minimum absolute atomic E-state index is 0.421. The molecule has 1 heterocycles. The van der Waals surface area contributed by atoms with Crippen LogP contribution >= 0.6 is 0 Å². The quantitative estimate of drug-likeness (QED) is 0.838. The second-order valence-corrected chi connectivity index (χ2v) is 4.58. The van der Waals surface area contributed by atoms with Gasteiger partial charge in [0.1, 0.15) is 11.6 Å². The predicted molar refractivity (Wildman–Crippen MR) is 77.5 cm³/mol. The molecule has 0 saturated carbocycles. The van der Waals surface area contributed by atoms with Crippen LogP contribution in [0.25, 0.3) is 11.3 Å². The van der Waals surface area contributed by atoms with Gasteiger partial charge >= 0.3 is 0 Å². The van der Waals surface area contributed by atoms with E-state index in [2.05, 4.69) is 28.3 Å². The van der Waals surface area contributed by atoms with Crippen LogP contribution in [0, 0.1) is 0 Å². The number of hydrogen-bond acceptors (Lipinski definition) is 3. The molecule has 0 fully saturated rings. The molecule has 0 radical (unpaired) electrons. The van der Waals surface area contributed by atoms with Crippen LogP contribution in [0.5, 0.6) is 5.75 Å². The normalized spacial score (nSPS) is 12.4. The number of H-pyrrole nitrogens is 1. The van der Waals surface area contributed by atoms with Crippen LogP contribution < -0.4 is 10.1 Å². The topological polar surface area (TPSA) is 49.9 Å². The van der Waals surface area contributed by atoms with Gasteiger partial charge in [-0.2, -0.15) is 0 Å². The molecule has 102 valence electrons. The fraction of sp³-hybridized carbons (Fsp3) is 0.400. The third kappa shape index (κ3) is 3.15. The number of aromatic nitrogens is 2. The van der Waals surface area contributed by atoms with Crippen molar-refractivity contribution in [3.8, 4) is 17.0 Å². The zero-order chi connectivity index (χ0) is 13.7. The van der Waals surface area contributed by atoms with E-state index < -0.39 is 0 Å². The summed E-state index contributed by atoms with van der Waals surface area (Å²) in [5.74, 6) is 2.31. The number of ether oxygens (including phenoxy) is 1. The lowest BCUT2D eigenvalue weighted by Gasteiger charge is -2.10. The molecule has 2 N–H and O–H groups in total. The molecular formula is C15H21N3O. The van der Waals surface area contributed by atoms with Crippen molar-refractivity contribution in [2.75, 3.05) is 20.7 Å². The van der Waals surface area contributed by atoms with E-state index in [-0.39, 0.29) is 0 Å². The summed E-state index contributed by atoms with van der Waals surface area (Å²) in [6, 6.07) is 7.99. The fourth-order valence-electron chi connectivity index (χ4n) is 2.16. The number of nitrogens with one attached hydrogen (secondary N) is 2. The van der Waals surface area contributed by atoms with Crippen molar-refractivity contribution < 1.29 is 4.74 Å². The van der Waals surface area contributed by atoms with Gasteiger partial charge in [0.15, 0.2) is 0 Å². The molecule has 0 amide bonds. The summed E-state index contributed by atoms with van der Waals surface area (Å²) >= 11 is 0. The number of nitrogens with zero attached hydrogens (tertiary/aromatic N) is 1. The molecule has 0 saturated heterocycles. The summed E-state index contributed by atoms with van der Waals surface area (Å²) in [6.07, 6.45) is 2.95. The van der Waals surface area contributed by atoms with E-state index in [1.165, 1.54) is 0 Å². The number of benzene rings is 1. The van der Waals surface area contributed by atoms with Crippen molar-refractivity contribution in [1.29, 1.82) is 0 Å². The lowest BCUT2D eigenvalue weighted by Crippen LogP contribution is -2.17. The van der Waals surface area contributed by atoms with Crippen molar-refractivity contribution in [3.63, 3.8) is 0 Å². The van der Waals surface area contributed by atoms with Crippen LogP contribution in [0.15, 0.2) is 30.5 Å². The molecule has 4 nitrogen and oxygen atoms in total. The fourth-order valence-corrected chi connectivity index (χ4v) is 2.16. The maximum Gasteiger partial charge on any atom is 0.119 e. The first-order valence-electron chi connectivity index (χ1n) is 6.62. The second kappa shape index (κ2) is 6.38. The highest BCUT2D eigenvalue weighted by Crippen LogP contribution is 2.24. The highest BCUT2D eigenvalue weighted by molar-refractivity contribution is 5.60. The first-order chi connectivity index (χ1) is 9.28. The summed E-state index contributed by atoms with van der Waals surface area (Å²) in [4.78, 5) is 7.91. The SMILES string of the molecule is CCC(CNC)c1ncc(-c2cccc(OC)c2)[nH]1. The Morgan fingerprint density at radius 3 is 2.95 bits per heavy atom. The van der Waals surface area contributed by atoms with Crippen LogP contribution in [-0.2, 0) is 0 Å². The largest absolute Gasteiger partial charge is 0.497 e. The average Bonchev–Trinajstić information content (AvgIpc) is 2.94. The van der Waals surface area contributed by atoms with Gasteiger partial charge in [-0.05, 0) is 25.6 Å². The lowest BCUT2D eigenvalue weighted by molar-refractivity contribution is 0.415. The third-order valence-corrected chi connectivity index (χ3v) is 3.31. The zero-order valence-corrected chi connectivity index (χ0v) is 11.7. The van der Waals surface area contributed by atoms with E-state index >= 15 is 0 Å². The van der Waals surface area contributed by atoms with E-state index in [9.17, 15) is 0 Å². The molecule has 1 atom stereocenters. The third-order valence-electron chi connectivity index (χ3n) is 3.31. The van der Waals surface area contributed by atoms with E-state index in [0.29, 0.717) is 5.92 Å². The maximum atomic E-state index is 5.25. The van der Waals surface area contributed by atoms with Crippen molar-refractivity contribution in [1.82, 2.24) is 15.3 Å². The first-order valence-corrected chi connectivity index (χ1v) is 6.62. The van der Waals surface area contributed by atoms with Crippen LogP contribution in [0.1, 0.15) is 25.1 Å². The van der Waals surface area contributed by atoms with Gasteiger partial charge in [0, 0.05) is 18.0 Å². The summed E-state index contributed by atoms with van der Waals surface area (Å²) in [5, 5.41) is 3.20. The van der Waals surface area contributed by atoms with Crippen LogP contribution in [0.2, 0.25) is 0 Å². The van der Waals surface area contributed by atoms with E-state index in [4.69, 9.17) is 4.74 Å². The van der Waals surface area contributed by atoms with Crippen LogP contribution in [0.4, 0.5) is 0 Å². The Kier molecular flexibility index (Phi) is 4.58. The summed E-state index contributed by atoms with van der Waals surface area (Å²) in [5.41, 5.74) is 2.13. The van der Waals surface area contributed by atoms with Gasteiger partial charge in [-0.15, -0.1) is 0 Å². The summed E-state index contributed by atoms with van der Waals surface area (Å²) in [6.45, 7) is 3.11. The summed E-state index contributed by atoms with van der Waals surface area (Å²) < 4.78 is 5.25. The Labute approximate surface area is 114 Å². The minimum atomic E-state index is 0.421. The number of methoxy groups -OCH3 is 1. The van der Waals surface area contributed by atoms with Gasteiger partial charge in [0.25, 0.3) is 0 Å². The number of rotatable bonds is 6. The number of aromatic amines is 1. The molecule has 2 rings (SSSR count). The van der Waals surface area contributed by atoms with Crippen molar-refractivity contribution in [3.05, 3.63) is 36.3 Å². The molecule has 2 aromatic rings. The monoisotopic (exact) mass is 259 g/mol. The van der Waals surface area contributed by atoms with Gasteiger partial charge in [-0.1, -0.05) is 19.1 Å². The standard InChI is InChI=1S/C15H21N3O/c1-4-11(9-16-2)15-17-10-14(18-15)12-6-5-7-13(8-12)19-3/h5-8,10-11,16H,4,9H2,1-3H3,(H,17,18). The van der Waals surface area contributed by atoms with Crippen molar-refractivity contribution in [2.24, 2.45) is 0 Å². The highest BCUT2D eigenvalue weighted by atomic mass is 16.5. The predicted octanol–water partition coefficient (Wildman–Crippen LogP) is 2.80. The molecule has 1 unspecified atom stereocenters. The molecule has 0 aliphatic rings. The molecule has 1 aromatic heterocycles. The number of imidazole rings is 1. The molecule has 19 heavy (non-hydrogen) atoms. The molecule has 0 aliphatic heterocycles. The Bertz CT molecular complexity index is 522. The van der Waals surface area contributed by atoms with E-state index in [1.807, 2.05) is 31.4 Å². The van der Waals surface area contributed by atoms with E-state index in [0.717, 1.165) is 35.8 Å². The Hall–Kier alpha value is -1.81. The van der Waals surface area contributed by atoms with Gasteiger partial charge in [-0.3, -0.25) is 0 Å². The van der Waals surface area contributed by atoms with Crippen molar-refractivity contribution >= 4 is 0 Å². The lowest BCUT2D eigenvalue weighted by atomic mass is 10.1. The summed E-state index contributed by atoms with van der Waals surface area (Å²) in [7, 11) is 3.64. The molecule has 1 aromatic carbocycles. The molecule has 4 heteroatoms. The highest BCUT2D eigenvalue weighted by Gasteiger charge is 2.13. The van der Waals surface area contributed by atoms with E-state index in [1.54, 1.807) is 7.11 Å². The Morgan fingerprint density at radius 2 is 2.26 bits per heavy atom. The molecule has 0 bridgehead atoms. The second-order valence-electron chi connectivity index (χ2n) is 4.58. The maximum absolute atomic E-state index is 5.25. The number of likely N-dealkylation sites (N-methyl/N-ethyl adjacent to an activating group) is 1.